The van der Waals surface area contributed by atoms with Crippen molar-refractivity contribution < 1.29 is 4.79 Å². The summed E-state index contributed by atoms with van der Waals surface area (Å²) >= 11 is 0. The Labute approximate surface area is 55.8 Å². The minimum atomic E-state index is 0.210. The van der Waals surface area contributed by atoms with Crippen LogP contribution in [0, 0.1) is 5.92 Å². The summed E-state index contributed by atoms with van der Waals surface area (Å²) in [5.74, 6) is 0.941. The van der Waals surface area contributed by atoms with Crippen molar-refractivity contribution in [1.29, 1.82) is 0 Å². The first-order valence-electron chi connectivity index (χ1n) is 3.39. The van der Waals surface area contributed by atoms with E-state index in [0.717, 1.165) is 11.5 Å². The molecule has 0 aromatic heterocycles. The number of hydrogen-bond donors (Lipinski definition) is 0. The summed E-state index contributed by atoms with van der Waals surface area (Å²) < 4.78 is 0. The molecule has 0 saturated heterocycles. The van der Waals surface area contributed by atoms with Crippen LogP contribution >= 0.6 is 0 Å². The van der Waals surface area contributed by atoms with Gasteiger partial charge < -0.3 is 0 Å². The second-order valence-electron chi connectivity index (χ2n) is 2.74. The third-order valence-corrected chi connectivity index (χ3v) is 1.66. The van der Waals surface area contributed by atoms with Crippen molar-refractivity contribution in [3.63, 3.8) is 0 Å². The summed E-state index contributed by atoms with van der Waals surface area (Å²) in [6.07, 6.45) is 4.65. The van der Waals surface area contributed by atoms with Gasteiger partial charge in [0.05, 0.1) is 0 Å². The Morgan fingerprint density at radius 2 is 2.00 bits per heavy atom. The zero-order chi connectivity index (χ0) is 6.85. The predicted octanol–water partition coefficient (Wildman–Crippen LogP) is 1.93. The Morgan fingerprint density at radius 1 is 1.44 bits per heavy atom. The van der Waals surface area contributed by atoms with E-state index in [4.69, 9.17) is 0 Å². The first-order chi connectivity index (χ1) is 4.20. The summed E-state index contributed by atoms with van der Waals surface area (Å²) in [5.41, 5.74) is 0.928. The maximum absolute atomic E-state index is 10.6. The van der Waals surface area contributed by atoms with Crippen molar-refractivity contribution in [3.05, 3.63) is 11.6 Å². The fraction of sp³-hybridized carbons (Fsp3) is 0.625. The van der Waals surface area contributed by atoms with E-state index in [1.807, 2.05) is 6.92 Å². The predicted molar refractivity (Wildman–Crippen MR) is 37.2 cm³/mol. The molecule has 0 N–H and O–H groups in total. The van der Waals surface area contributed by atoms with E-state index < -0.39 is 0 Å². The number of carbonyl (C=O) groups is 1. The molecule has 0 aliphatic heterocycles. The lowest BCUT2D eigenvalue weighted by molar-refractivity contribution is -0.113. The number of carbonyl (C=O) groups excluding carboxylic acids is 1. The van der Waals surface area contributed by atoms with Gasteiger partial charge in [-0.15, -0.1) is 0 Å². The van der Waals surface area contributed by atoms with Gasteiger partial charge in [0.1, 0.15) is 0 Å². The maximum Gasteiger partial charge on any atom is 0.155 e. The van der Waals surface area contributed by atoms with Crippen molar-refractivity contribution in [2.24, 2.45) is 5.92 Å². The largest absolute Gasteiger partial charge is 0.295 e. The van der Waals surface area contributed by atoms with Crippen molar-refractivity contribution in [1.82, 2.24) is 0 Å². The molecule has 9 heavy (non-hydrogen) atoms. The van der Waals surface area contributed by atoms with Gasteiger partial charge in [-0.25, -0.2) is 0 Å². The molecule has 50 valence electrons. The lowest BCUT2D eigenvalue weighted by Crippen LogP contribution is -1.90. The Hall–Kier alpha value is -0.590. The van der Waals surface area contributed by atoms with Crippen LogP contribution in [0.15, 0.2) is 11.6 Å². The Bertz CT molecular complexity index is 152. The van der Waals surface area contributed by atoms with E-state index in [-0.39, 0.29) is 5.78 Å². The van der Waals surface area contributed by atoms with Crippen molar-refractivity contribution in [2.75, 3.05) is 0 Å². The van der Waals surface area contributed by atoms with Crippen LogP contribution in [0.25, 0.3) is 0 Å². The Kier molecular flexibility index (Phi) is 1.70. The van der Waals surface area contributed by atoms with Crippen LogP contribution in [-0.4, -0.2) is 5.78 Å². The standard InChI is InChI=1S/C8H12O/c1-6(7(2)9)5-8-3-4-8/h5,8H,3-4H2,1-2H3. The average molecular weight is 124 g/mol. The minimum absolute atomic E-state index is 0.210. The topological polar surface area (TPSA) is 17.1 Å². The van der Waals surface area contributed by atoms with Crippen LogP contribution < -0.4 is 0 Å². The van der Waals surface area contributed by atoms with Gasteiger partial charge in [0.2, 0.25) is 0 Å². The Balaban J connectivity index is 2.46. The molecule has 1 fully saturated rings. The lowest BCUT2D eigenvalue weighted by Gasteiger charge is -1.89. The van der Waals surface area contributed by atoms with Gasteiger partial charge in [-0.2, -0.15) is 0 Å². The number of Topliss-reactive ketones (excluding diaryl/α,β-unsaturated/α-hetero) is 1. The lowest BCUT2D eigenvalue weighted by atomic mass is 10.2. The summed E-state index contributed by atoms with van der Waals surface area (Å²) in [6.45, 7) is 3.51. The molecule has 1 aliphatic carbocycles. The quantitative estimate of drug-likeness (QED) is 0.514. The van der Waals surface area contributed by atoms with Crippen molar-refractivity contribution in [3.8, 4) is 0 Å². The summed E-state index contributed by atoms with van der Waals surface area (Å²) in [5, 5.41) is 0. The SMILES string of the molecule is CC(=O)C(C)=CC1CC1. The molecule has 0 spiro atoms. The van der Waals surface area contributed by atoms with Gasteiger partial charge in [-0.3, -0.25) is 4.79 Å². The normalized spacial score (nSPS) is 20.0. The van der Waals surface area contributed by atoms with Gasteiger partial charge in [-0.05, 0) is 38.2 Å². The fourth-order valence-corrected chi connectivity index (χ4v) is 0.734. The van der Waals surface area contributed by atoms with E-state index in [1.54, 1.807) is 6.92 Å². The number of allylic oxidation sites excluding steroid dienone is 2. The highest BCUT2D eigenvalue weighted by atomic mass is 16.1. The zero-order valence-electron chi connectivity index (χ0n) is 5.98. The molecule has 0 atom stereocenters. The van der Waals surface area contributed by atoms with Crippen molar-refractivity contribution in [2.45, 2.75) is 26.7 Å². The molecule has 0 amide bonds. The monoisotopic (exact) mass is 124 g/mol. The zero-order valence-corrected chi connectivity index (χ0v) is 5.98. The highest BCUT2D eigenvalue weighted by Crippen LogP contribution is 2.31. The van der Waals surface area contributed by atoms with E-state index in [2.05, 4.69) is 6.08 Å². The summed E-state index contributed by atoms with van der Waals surface area (Å²) in [6, 6.07) is 0. The molecule has 1 nitrogen and oxygen atoms in total. The first kappa shape index (κ1) is 6.53. The molecular weight excluding hydrogens is 112 g/mol. The summed E-state index contributed by atoms with van der Waals surface area (Å²) in [7, 11) is 0. The van der Waals surface area contributed by atoms with Gasteiger partial charge >= 0.3 is 0 Å². The maximum atomic E-state index is 10.6. The molecule has 1 rings (SSSR count). The molecule has 0 aromatic carbocycles. The third-order valence-electron chi connectivity index (χ3n) is 1.66. The molecule has 1 aliphatic rings. The van der Waals surface area contributed by atoms with Gasteiger partial charge in [0.25, 0.3) is 0 Å². The molecule has 0 radical (unpaired) electrons. The van der Waals surface area contributed by atoms with Crippen LogP contribution in [0.4, 0.5) is 0 Å². The van der Waals surface area contributed by atoms with Crippen LogP contribution in [0.5, 0.6) is 0 Å². The van der Waals surface area contributed by atoms with Gasteiger partial charge in [-0.1, -0.05) is 6.08 Å². The second kappa shape index (κ2) is 2.34. The number of hydrogen-bond acceptors (Lipinski definition) is 1. The van der Waals surface area contributed by atoms with Crippen molar-refractivity contribution >= 4 is 5.78 Å². The minimum Gasteiger partial charge on any atom is -0.295 e. The van der Waals surface area contributed by atoms with E-state index in [1.165, 1.54) is 12.8 Å². The molecular formula is C8H12O. The van der Waals surface area contributed by atoms with Gasteiger partial charge in [0, 0.05) is 0 Å². The summed E-state index contributed by atoms with van der Waals surface area (Å²) in [4.78, 5) is 10.6. The fourth-order valence-electron chi connectivity index (χ4n) is 0.734. The average Bonchev–Trinajstić information content (AvgIpc) is 2.50. The molecule has 1 saturated carbocycles. The smallest absolute Gasteiger partial charge is 0.155 e. The highest BCUT2D eigenvalue weighted by molar-refractivity contribution is 5.92. The molecule has 0 unspecified atom stereocenters. The number of rotatable bonds is 2. The number of ketones is 1. The molecule has 0 aromatic rings. The van der Waals surface area contributed by atoms with Gasteiger partial charge in [0.15, 0.2) is 5.78 Å². The third kappa shape index (κ3) is 2.00. The Morgan fingerprint density at radius 3 is 2.33 bits per heavy atom. The van der Waals surface area contributed by atoms with Crippen LogP contribution in [0.3, 0.4) is 0 Å². The first-order valence-corrected chi connectivity index (χ1v) is 3.39. The van der Waals surface area contributed by atoms with Crippen LogP contribution in [-0.2, 0) is 4.79 Å². The molecule has 1 heteroatoms. The van der Waals surface area contributed by atoms with Crippen LogP contribution in [0.1, 0.15) is 26.7 Å². The van der Waals surface area contributed by atoms with E-state index in [9.17, 15) is 4.79 Å². The van der Waals surface area contributed by atoms with Crippen LogP contribution in [0.2, 0.25) is 0 Å². The molecule has 0 heterocycles. The molecule has 0 bridgehead atoms. The van der Waals surface area contributed by atoms with E-state index >= 15 is 0 Å². The van der Waals surface area contributed by atoms with E-state index in [0.29, 0.717) is 0 Å². The highest BCUT2D eigenvalue weighted by Gasteiger charge is 2.18. The second-order valence-corrected chi connectivity index (χ2v) is 2.74.